The van der Waals surface area contributed by atoms with Crippen molar-refractivity contribution in [3.05, 3.63) is 28.2 Å². The second-order valence-corrected chi connectivity index (χ2v) is 6.19. The molecule has 1 atom stereocenters. The molecule has 1 fully saturated rings. The number of rotatable bonds is 5. The van der Waals surface area contributed by atoms with Gasteiger partial charge in [-0.3, -0.25) is 4.90 Å². The fraction of sp³-hybridized carbons (Fsp3) is 0.600. The first-order chi connectivity index (χ1) is 9.22. The Bertz CT molecular complexity index is 415. The Kier molecular flexibility index (Phi) is 7.88. The molecule has 3 nitrogen and oxygen atoms in total. The predicted molar refractivity (Wildman–Crippen MR) is 89.6 cm³/mol. The molecule has 2 N–H and O–H groups in total. The van der Waals surface area contributed by atoms with Gasteiger partial charge < -0.3 is 10.5 Å². The summed E-state index contributed by atoms with van der Waals surface area (Å²) in [6.07, 6.45) is 3.75. The van der Waals surface area contributed by atoms with Crippen LogP contribution in [-0.2, 0) is 6.54 Å². The fourth-order valence-electron chi connectivity index (χ4n) is 2.88. The summed E-state index contributed by atoms with van der Waals surface area (Å²) >= 11 is 3.54. The van der Waals surface area contributed by atoms with Gasteiger partial charge in [-0.1, -0.05) is 15.9 Å². The Morgan fingerprint density at radius 1 is 1.45 bits per heavy atom. The lowest BCUT2D eigenvalue weighted by molar-refractivity contribution is 0.161. The number of hydrogen-bond acceptors (Lipinski definition) is 3. The van der Waals surface area contributed by atoms with Crippen LogP contribution in [0.25, 0.3) is 0 Å². The van der Waals surface area contributed by atoms with Crippen LogP contribution >= 0.6 is 28.3 Å². The first-order valence-corrected chi connectivity index (χ1v) is 7.77. The van der Waals surface area contributed by atoms with Crippen molar-refractivity contribution in [3.8, 4) is 5.75 Å². The van der Waals surface area contributed by atoms with Gasteiger partial charge in [0, 0.05) is 23.1 Å². The van der Waals surface area contributed by atoms with E-state index in [0.29, 0.717) is 0 Å². The zero-order valence-electron chi connectivity index (χ0n) is 12.0. The van der Waals surface area contributed by atoms with Crippen LogP contribution in [0.2, 0.25) is 0 Å². The first kappa shape index (κ1) is 17.8. The van der Waals surface area contributed by atoms with Gasteiger partial charge in [0.2, 0.25) is 0 Å². The molecule has 0 aliphatic carbocycles. The van der Waals surface area contributed by atoms with Gasteiger partial charge in [-0.05, 0) is 56.5 Å². The minimum Gasteiger partial charge on any atom is -0.496 e. The topological polar surface area (TPSA) is 38.5 Å². The number of nitrogens with zero attached hydrogens (tertiary/aromatic N) is 1. The molecule has 0 amide bonds. The van der Waals surface area contributed by atoms with E-state index in [4.69, 9.17) is 10.5 Å². The summed E-state index contributed by atoms with van der Waals surface area (Å²) in [5.41, 5.74) is 6.93. The number of halogens is 2. The molecule has 0 spiro atoms. The highest BCUT2D eigenvalue weighted by Gasteiger charge is 2.20. The van der Waals surface area contributed by atoms with Crippen LogP contribution < -0.4 is 10.5 Å². The number of benzene rings is 1. The summed E-state index contributed by atoms with van der Waals surface area (Å²) in [6.45, 7) is 4.10. The molecule has 0 aromatic heterocycles. The van der Waals surface area contributed by atoms with Crippen molar-refractivity contribution in [3.63, 3.8) is 0 Å². The Morgan fingerprint density at radius 2 is 2.25 bits per heavy atom. The zero-order chi connectivity index (χ0) is 13.7. The number of hydrogen-bond donors (Lipinski definition) is 1. The zero-order valence-corrected chi connectivity index (χ0v) is 14.4. The molecule has 1 saturated heterocycles. The second-order valence-electron chi connectivity index (χ2n) is 5.28. The standard InChI is InChI=1S/C15H23BrN2O.ClH/c1-19-15-5-4-14(16)9-13(15)11-18-8-2-3-12(10-18)6-7-17;/h4-5,9,12H,2-3,6-8,10-11,17H2,1H3;1H. The van der Waals surface area contributed by atoms with E-state index in [-0.39, 0.29) is 12.4 Å². The maximum Gasteiger partial charge on any atom is 0.123 e. The van der Waals surface area contributed by atoms with Crippen LogP contribution in [0, 0.1) is 5.92 Å². The minimum atomic E-state index is 0. The van der Waals surface area contributed by atoms with E-state index < -0.39 is 0 Å². The van der Waals surface area contributed by atoms with Crippen molar-refractivity contribution in [2.75, 3.05) is 26.7 Å². The van der Waals surface area contributed by atoms with E-state index >= 15 is 0 Å². The largest absolute Gasteiger partial charge is 0.496 e. The maximum absolute atomic E-state index is 5.68. The normalized spacial score (nSPS) is 19.4. The van der Waals surface area contributed by atoms with Crippen molar-refractivity contribution < 1.29 is 4.74 Å². The maximum atomic E-state index is 5.68. The number of likely N-dealkylation sites (tertiary alicyclic amines) is 1. The molecule has 1 unspecified atom stereocenters. The van der Waals surface area contributed by atoms with E-state index in [1.807, 2.05) is 12.1 Å². The Labute approximate surface area is 136 Å². The third-order valence-corrected chi connectivity index (χ3v) is 4.31. The lowest BCUT2D eigenvalue weighted by Crippen LogP contribution is -2.35. The second kappa shape index (κ2) is 8.88. The number of piperidine rings is 1. The highest BCUT2D eigenvalue weighted by Crippen LogP contribution is 2.27. The van der Waals surface area contributed by atoms with E-state index in [0.717, 1.165) is 42.2 Å². The molecule has 114 valence electrons. The van der Waals surface area contributed by atoms with E-state index in [1.54, 1.807) is 7.11 Å². The van der Waals surface area contributed by atoms with Crippen LogP contribution in [0.4, 0.5) is 0 Å². The highest BCUT2D eigenvalue weighted by molar-refractivity contribution is 9.10. The lowest BCUT2D eigenvalue weighted by Gasteiger charge is -2.33. The van der Waals surface area contributed by atoms with Gasteiger partial charge in [0.05, 0.1) is 7.11 Å². The van der Waals surface area contributed by atoms with Gasteiger partial charge in [0.1, 0.15) is 5.75 Å². The number of ether oxygens (including phenoxy) is 1. The monoisotopic (exact) mass is 362 g/mol. The van der Waals surface area contributed by atoms with Gasteiger partial charge >= 0.3 is 0 Å². The molecule has 0 radical (unpaired) electrons. The molecular formula is C15H24BrClN2O. The van der Waals surface area contributed by atoms with Crippen molar-refractivity contribution >= 4 is 28.3 Å². The minimum absolute atomic E-state index is 0. The van der Waals surface area contributed by atoms with Crippen LogP contribution in [-0.4, -0.2) is 31.6 Å². The predicted octanol–water partition coefficient (Wildman–Crippen LogP) is 3.44. The van der Waals surface area contributed by atoms with Gasteiger partial charge in [0.25, 0.3) is 0 Å². The third-order valence-electron chi connectivity index (χ3n) is 3.81. The van der Waals surface area contributed by atoms with E-state index in [2.05, 4.69) is 26.9 Å². The number of nitrogens with two attached hydrogens (primary N) is 1. The molecular weight excluding hydrogens is 340 g/mol. The summed E-state index contributed by atoms with van der Waals surface area (Å²) in [7, 11) is 1.74. The molecule has 20 heavy (non-hydrogen) atoms. The van der Waals surface area contributed by atoms with Crippen LogP contribution in [0.1, 0.15) is 24.8 Å². The van der Waals surface area contributed by atoms with Crippen LogP contribution in [0.15, 0.2) is 22.7 Å². The highest BCUT2D eigenvalue weighted by atomic mass is 79.9. The van der Waals surface area contributed by atoms with Gasteiger partial charge in [-0.15, -0.1) is 12.4 Å². The fourth-order valence-corrected chi connectivity index (χ4v) is 3.29. The van der Waals surface area contributed by atoms with Gasteiger partial charge in [0.15, 0.2) is 0 Å². The SMILES string of the molecule is COc1ccc(Br)cc1CN1CCCC(CCN)C1.Cl. The molecule has 1 aromatic carbocycles. The van der Waals surface area contributed by atoms with E-state index in [1.165, 1.54) is 24.9 Å². The van der Waals surface area contributed by atoms with Gasteiger partial charge in [-0.2, -0.15) is 0 Å². The lowest BCUT2D eigenvalue weighted by atomic mass is 9.94. The van der Waals surface area contributed by atoms with Crippen LogP contribution in [0.3, 0.4) is 0 Å². The summed E-state index contributed by atoms with van der Waals surface area (Å²) in [6, 6.07) is 6.21. The molecule has 0 bridgehead atoms. The van der Waals surface area contributed by atoms with Crippen molar-refractivity contribution in [1.29, 1.82) is 0 Å². The molecule has 2 rings (SSSR count). The Morgan fingerprint density at radius 3 is 2.95 bits per heavy atom. The smallest absolute Gasteiger partial charge is 0.123 e. The summed E-state index contributed by atoms with van der Waals surface area (Å²) < 4.78 is 6.56. The quantitative estimate of drug-likeness (QED) is 0.871. The molecule has 1 aliphatic heterocycles. The average Bonchev–Trinajstić information content (AvgIpc) is 2.40. The van der Waals surface area contributed by atoms with E-state index in [9.17, 15) is 0 Å². The third kappa shape index (κ3) is 4.92. The van der Waals surface area contributed by atoms with Crippen LogP contribution in [0.5, 0.6) is 5.75 Å². The molecule has 1 aromatic rings. The molecule has 0 saturated carbocycles. The first-order valence-electron chi connectivity index (χ1n) is 6.97. The molecule has 1 heterocycles. The molecule has 1 aliphatic rings. The Hall–Kier alpha value is -0.290. The average molecular weight is 364 g/mol. The summed E-state index contributed by atoms with van der Waals surface area (Å²) in [5, 5.41) is 0. The molecule has 5 heteroatoms. The van der Waals surface area contributed by atoms with Crippen molar-refractivity contribution in [2.24, 2.45) is 11.7 Å². The Balaban J connectivity index is 0.00000200. The summed E-state index contributed by atoms with van der Waals surface area (Å²) in [4.78, 5) is 2.52. The van der Waals surface area contributed by atoms with Crippen molar-refractivity contribution in [1.82, 2.24) is 4.90 Å². The number of methoxy groups -OCH3 is 1. The van der Waals surface area contributed by atoms with Gasteiger partial charge in [-0.25, -0.2) is 0 Å². The van der Waals surface area contributed by atoms with Crippen molar-refractivity contribution in [2.45, 2.75) is 25.8 Å². The summed E-state index contributed by atoms with van der Waals surface area (Å²) in [5.74, 6) is 1.74.